The Kier molecular flexibility index (Phi) is 4.37. The molecule has 0 aromatic heterocycles. The Morgan fingerprint density at radius 2 is 1.87 bits per heavy atom. The number of aryl methyl sites for hydroxylation is 1. The number of benzene rings is 2. The first-order chi connectivity index (χ1) is 10.9. The van der Waals surface area contributed by atoms with Gasteiger partial charge in [0.1, 0.15) is 5.75 Å². The lowest BCUT2D eigenvalue weighted by Crippen LogP contribution is -2.05. The normalized spacial score (nSPS) is 15.7. The Morgan fingerprint density at radius 3 is 2.57 bits per heavy atom. The van der Waals surface area contributed by atoms with E-state index in [4.69, 9.17) is 4.74 Å². The summed E-state index contributed by atoms with van der Waals surface area (Å²) in [5.74, 6) is -0.252. The molecule has 1 aliphatic heterocycles. The molecular weight excluding hydrogens is 426 g/mol. The summed E-state index contributed by atoms with van der Waals surface area (Å²) in [4.78, 5) is 16.2. The van der Waals surface area contributed by atoms with Gasteiger partial charge in [0.25, 0.3) is 0 Å². The molecule has 0 saturated heterocycles. The number of carbonyl (C=O) groups is 1. The lowest BCUT2D eigenvalue weighted by molar-refractivity contribution is -0.129. The first-order valence-corrected chi connectivity index (χ1v) is 8.30. The molecule has 4 nitrogen and oxygen atoms in total. The molecule has 0 bridgehead atoms. The lowest BCUT2D eigenvalue weighted by Gasteiger charge is -2.03. The Labute approximate surface area is 149 Å². The van der Waals surface area contributed by atoms with Crippen molar-refractivity contribution in [3.05, 3.63) is 67.7 Å². The van der Waals surface area contributed by atoms with Gasteiger partial charge < -0.3 is 9.84 Å². The number of hydrogen-bond acceptors (Lipinski definition) is 4. The molecule has 1 N–H and O–H groups in total. The zero-order chi connectivity index (χ0) is 16.6. The van der Waals surface area contributed by atoms with Gasteiger partial charge in [-0.2, -0.15) is 0 Å². The fourth-order valence-electron chi connectivity index (χ4n) is 2.07. The summed E-state index contributed by atoms with van der Waals surface area (Å²) in [6.07, 6.45) is 1.49. The maximum atomic E-state index is 12.0. The summed E-state index contributed by atoms with van der Waals surface area (Å²) in [5, 5.41) is 10.1. The van der Waals surface area contributed by atoms with Gasteiger partial charge in [-0.25, -0.2) is 9.79 Å². The van der Waals surface area contributed by atoms with E-state index in [1.54, 1.807) is 12.1 Å². The van der Waals surface area contributed by atoms with E-state index in [2.05, 4.69) is 36.9 Å². The summed E-state index contributed by atoms with van der Waals surface area (Å²) in [6, 6.07) is 10.9. The highest BCUT2D eigenvalue weighted by Gasteiger charge is 2.24. The van der Waals surface area contributed by atoms with Crippen LogP contribution in [-0.4, -0.2) is 17.0 Å². The highest BCUT2D eigenvalue weighted by atomic mass is 79.9. The highest BCUT2D eigenvalue weighted by molar-refractivity contribution is 9.11. The monoisotopic (exact) mass is 435 g/mol. The van der Waals surface area contributed by atoms with Crippen molar-refractivity contribution in [2.24, 2.45) is 4.99 Å². The van der Waals surface area contributed by atoms with Crippen molar-refractivity contribution in [2.75, 3.05) is 0 Å². The Morgan fingerprint density at radius 1 is 1.17 bits per heavy atom. The Bertz CT molecular complexity index is 855. The van der Waals surface area contributed by atoms with Crippen molar-refractivity contribution in [2.45, 2.75) is 6.92 Å². The zero-order valence-electron chi connectivity index (χ0n) is 12.0. The largest absolute Gasteiger partial charge is 0.506 e. The zero-order valence-corrected chi connectivity index (χ0v) is 15.2. The average Bonchev–Trinajstić information content (AvgIpc) is 2.86. The van der Waals surface area contributed by atoms with Crippen LogP contribution in [0.3, 0.4) is 0 Å². The number of aromatic hydroxyl groups is 1. The molecule has 0 aliphatic carbocycles. The third kappa shape index (κ3) is 3.38. The van der Waals surface area contributed by atoms with Crippen molar-refractivity contribution in [3.8, 4) is 5.75 Å². The van der Waals surface area contributed by atoms with Crippen molar-refractivity contribution in [1.29, 1.82) is 0 Å². The van der Waals surface area contributed by atoms with Gasteiger partial charge in [0, 0.05) is 15.6 Å². The van der Waals surface area contributed by atoms with Gasteiger partial charge in [0.05, 0.1) is 4.47 Å². The number of ether oxygens (including phenoxy) is 1. The molecule has 23 heavy (non-hydrogen) atoms. The number of nitrogens with zero attached hydrogens (tertiary/aromatic N) is 1. The van der Waals surface area contributed by atoms with E-state index in [0.29, 0.717) is 10.0 Å². The first kappa shape index (κ1) is 16.0. The van der Waals surface area contributed by atoms with Crippen molar-refractivity contribution >= 4 is 49.8 Å². The molecule has 0 fully saturated rings. The smallest absolute Gasteiger partial charge is 0.363 e. The van der Waals surface area contributed by atoms with E-state index in [1.165, 1.54) is 6.08 Å². The van der Waals surface area contributed by atoms with E-state index in [1.807, 2.05) is 31.2 Å². The van der Waals surface area contributed by atoms with Gasteiger partial charge in [0.2, 0.25) is 5.90 Å². The van der Waals surface area contributed by atoms with Crippen LogP contribution in [0.5, 0.6) is 5.75 Å². The van der Waals surface area contributed by atoms with E-state index >= 15 is 0 Å². The number of cyclic esters (lactones) is 1. The molecule has 0 amide bonds. The van der Waals surface area contributed by atoms with Gasteiger partial charge in [-0.3, -0.25) is 0 Å². The third-order valence-electron chi connectivity index (χ3n) is 3.27. The molecule has 2 aromatic carbocycles. The maximum absolute atomic E-state index is 12.0. The van der Waals surface area contributed by atoms with Crippen LogP contribution in [0, 0.1) is 6.92 Å². The molecular formula is C17H11Br2NO3. The van der Waals surface area contributed by atoms with E-state index in [-0.39, 0.29) is 17.3 Å². The second-order valence-corrected chi connectivity index (χ2v) is 6.80. The second-order valence-electron chi connectivity index (χ2n) is 5.03. The SMILES string of the molecule is Cc1ccc(C2=N/C(=C/c3cc(Br)cc(Br)c3O)C(=O)O2)cc1. The van der Waals surface area contributed by atoms with E-state index in [0.717, 1.165) is 15.6 Å². The van der Waals surface area contributed by atoms with Gasteiger partial charge in [-0.05, 0) is 53.2 Å². The van der Waals surface area contributed by atoms with Crippen LogP contribution in [0.15, 0.2) is 56.0 Å². The molecule has 0 spiro atoms. The molecule has 6 heteroatoms. The number of aliphatic imine (C=N–C) groups is 1. The van der Waals surface area contributed by atoms with Crippen LogP contribution in [-0.2, 0) is 9.53 Å². The van der Waals surface area contributed by atoms with Crippen LogP contribution < -0.4 is 0 Å². The molecule has 0 radical (unpaired) electrons. The average molecular weight is 437 g/mol. The van der Waals surface area contributed by atoms with E-state index < -0.39 is 5.97 Å². The fraction of sp³-hybridized carbons (Fsp3) is 0.0588. The molecule has 116 valence electrons. The van der Waals surface area contributed by atoms with Crippen LogP contribution in [0.1, 0.15) is 16.7 Å². The number of hydrogen-bond donors (Lipinski definition) is 1. The minimum atomic E-state index is -0.545. The number of rotatable bonds is 2. The predicted octanol–water partition coefficient (Wildman–Crippen LogP) is 4.57. The molecule has 1 aliphatic rings. The number of carbonyl (C=O) groups excluding carboxylic acids is 1. The standard InChI is InChI=1S/C17H11Br2NO3/c1-9-2-4-10(5-3-9)16-20-14(17(22)23-16)7-11-6-12(18)8-13(19)15(11)21/h2-8,21H,1H3/b14-7+. The predicted molar refractivity (Wildman–Crippen MR) is 95.3 cm³/mol. The second kappa shape index (κ2) is 6.29. The summed E-state index contributed by atoms with van der Waals surface area (Å²) >= 11 is 6.60. The first-order valence-electron chi connectivity index (χ1n) is 6.71. The van der Waals surface area contributed by atoms with Gasteiger partial charge in [-0.1, -0.05) is 33.6 Å². The molecule has 0 unspecified atom stereocenters. The number of phenolic OH excluding ortho intramolecular Hbond substituents is 1. The highest BCUT2D eigenvalue weighted by Crippen LogP contribution is 2.33. The minimum absolute atomic E-state index is 0.0347. The molecule has 0 atom stereocenters. The topological polar surface area (TPSA) is 58.9 Å². The van der Waals surface area contributed by atoms with Gasteiger partial charge in [0.15, 0.2) is 5.70 Å². The summed E-state index contributed by atoms with van der Waals surface area (Å²) in [7, 11) is 0. The Hall–Kier alpha value is -1.92. The van der Waals surface area contributed by atoms with Crippen LogP contribution in [0.25, 0.3) is 6.08 Å². The molecule has 3 rings (SSSR count). The minimum Gasteiger partial charge on any atom is -0.506 e. The summed E-state index contributed by atoms with van der Waals surface area (Å²) in [5.41, 5.74) is 2.44. The van der Waals surface area contributed by atoms with Crippen LogP contribution >= 0.6 is 31.9 Å². The molecule has 1 heterocycles. The number of halogens is 2. The maximum Gasteiger partial charge on any atom is 0.363 e. The number of esters is 1. The fourth-order valence-corrected chi connectivity index (χ4v) is 3.33. The quantitative estimate of drug-likeness (QED) is 0.554. The van der Waals surface area contributed by atoms with Crippen molar-refractivity contribution in [1.82, 2.24) is 0 Å². The number of phenols is 1. The Balaban J connectivity index is 2.00. The van der Waals surface area contributed by atoms with Crippen LogP contribution in [0.2, 0.25) is 0 Å². The third-order valence-corrected chi connectivity index (χ3v) is 4.33. The van der Waals surface area contributed by atoms with Gasteiger partial charge >= 0.3 is 5.97 Å². The molecule has 2 aromatic rings. The lowest BCUT2D eigenvalue weighted by atomic mass is 10.1. The van der Waals surface area contributed by atoms with E-state index in [9.17, 15) is 9.90 Å². The summed E-state index contributed by atoms with van der Waals surface area (Å²) in [6.45, 7) is 1.98. The van der Waals surface area contributed by atoms with Crippen molar-refractivity contribution < 1.29 is 14.6 Å². The van der Waals surface area contributed by atoms with Crippen LogP contribution in [0.4, 0.5) is 0 Å². The summed E-state index contributed by atoms with van der Waals surface area (Å²) < 4.78 is 6.50. The van der Waals surface area contributed by atoms with Gasteiger partial charge in [-0.15, -0.1) is 0 Å². The molecule has 0 saturated carbocycles. The van der Waals surface area contributed by atoms with Crippen molar-refractivity contribution in [3.63, 3.8) is 0 Å².